The Bertz CT molecular complexity index is 317. The van der Waals surface area contributed by atoms with E-state index in [1.807, 2.05) is 0 Å². The number of hydrogen-bond acceptors (Lipinski definition) is 4. The van der Waals surface area contributed by atoms with Gasteiger partial charge in [-0.05, 0) is 31.1 Å². The number of fused-ring (bicyclic) bond motifs is 1. The topological polar surface area (TPSA) is 37.8 Å². The first kappa shape index (κ1) is 8.00. The van der Waals surface area contributed by atoms with Gasteiger partial charge in [0.2, 0.25) is 0 Å². The molecule has 1 heterocycles. The van der Waals surface area contributed by atoms with Crippen molar-refractivity contribution in [2.75, 3.05) is 5.32 Å². The highest BCUT2D eigenvalue weighted by molar-refractivity contribution is 6.99. The van der Waals surface area contributed by atoms with Crippen LogP contribution in [-0.2, 0) is 0 Å². The zero-order valence-electron chi connectivity index (χ0n) is 7.03. The zero-order chi connectivity index (χ0) is 8.84. The summed E-state index contributed by atoms with van der Waals surface area (Å²) in [7, 11) is 0. The monoisotopic (exact) mass is 215 g/mol. The molecule has 1 aromatic rings. The summed E-state index contributed by atoms with van der Waals surface area (Å²) in [6.45, 7) is 0. The second-order valence-electron chi connectivity index (χ2n) is 3.97. The van der Waals surface area contributed by atoms with Crippen LogP contribution >= 0.6 is 23.3 Å². The standard InChI is InChI=1S/C8H10ClN3S/c9-7-8(12-13-11-7)10-6-2-4-1-5(4)3-6/h4-6H,1-3H2,(H,10,12). The summed E-state index contributed by atoms with van der Waals surface area (Å²) < 4.78 is 8.03. The Hall–Kier alpha value is -0.350. The molecule has 0 bridgehead atoms. The van der Waals surface area contributed by atoms with Gasteiger partial charge in [-0.3, -0.25) is 0 Å². The average molecular weight is 216 g/mol. The van der Waals surface area contributed by atoms with Gasteiger partial charge < -0.3 is 5.32 Å². The third kappa shape index (κ3) is 1.42. The van der Waals surface area contributed by atoms with Gasteiger partial charge in [0.1, 0.15) is 0 Å². The zero-order valence-corrected chi connectivity index (χ0v) is 8.61. The fourth-order valence-corrected chi connectivity index (χ4v) is 2.95. The summed E-state index contributed by atoms with van der Waals surface area (Å²) in [4.78, 5) is 0. The van der Waals surface area contributed by atoms with Gasteiger partial charge in [0.25, 0.3) is 0 Å². The van der Waals surface area contributed by atoms with Crippen molar-refractivity contribution in [3.8, 4) is 0 Å². The fraction of sp³-hybridized carbons (Fsp3) is 0.750. The molecule has 70 valence electrons. The second kappa shape index (κ2) is 2.82. The normalized spacial score (nSPS) is 35.9. The van der Waals surface area contributed by atoms with Crippen LogP contribution in [0, 0.1) is 11.8 Å². The van der Waals surface area contributed by atoms with Crippen molar-refractivity contribution in [2.45, 2.75) is 25.3 Å². The Morgan fingerprint density at radius 1 is 1.23 bits per heavy atom. The number of aromatic nitrogens is 2. The molecule has 0 saturated heterocycles. The van der Waals surface area contributed by atoms with E-state index in [4.69, 9.17) is 11.6 Å². The van der Waals surface area contributed by atoms with E-state index in [0.717, 1.165) is 17.7 Å². The summed E-state index contributed by atoms with van der Waals surface area (Å²) in [5.74, 6) is 2.75. The molecule has 0 radical (unpaired) electrons. The predicted molar refractivity (Wildman–Crippen MR) is 53.2 cm³/mol. The third-order valence-electron chi connectivity index (χ3n) is 3.03. The van der Waals surface area contributed by atoms with Crippen LogP contribution < -0.4 is 5.32 Å². The highest BCUT2D eigenvalue weighted by atomic mass is 35.5. The van der Waals surface area contributed by atoms with Gasteiger partial charge in [0.15, 0.2) is 11.0 Å². The van der Waals surface area contributed by atoms with E-state index in [0.29, 0.717) is 11.2 Å². The molecule has 5 heteroatoms. The van der Waals surface area contributed by atoms with Gasteiger partial charge in [-0.25, -0.2) is 0 Å². The van der Waals surface area contributed by atoms with Gasteiger partial charge in [0.05, 0.1) is 11.7 Å². The van der Waals surface area contributed by atoms with Crippen LogP contribution in [0.2, 0.25) is 5.15 Å². The lowest BCUT2D eigenvalue weighted by Crippen LogP contribution is -2.17. The maximum Gasteiger partial charge on any atom is 0.186 e. The summed E-state index contributed by atoms with van der Waals surface area (Å²) in [6.07, 6.45) is 4.03. The number of nitrogens with one attached hydrogen (secondary N) is 1. The molecule has 2 saturated carbocycles. The minimum absolute atomic E-state index is 0.519. The van der Waals surface area contributed by atoms with Crippen LogP contribution in [0.15, 0.2) is 0 Å². The molecular weight excluding hydrogens is 206 g/mol. The molecule has 2 aliphatic rings. The maximum atomic E-state index is 5.84. The molecule has 2 aliphatic carbocycles. The summed E-state index contributed by atoms with van der Waals surface area (Å²) in [5.41, 5.74) is 0. The number of rotatable bonds is 2. The Labute approximate surface area is 85.8 Å². The molecule has 13 heavy (non-hydrogen) atoms. The fourth-order valence-electron chi connectivity index (χ4n) is 2.29. The van der Waals surface area contributed by atoms with Gasteiger partial charge in [-0.2, -0.15) is 8.75 Å². The van der Waals surface area contributed by atoms with Gasteiger partial charge in [-0.15, -0.1) is 0 Å². The Balaban J connectivity index is 1.66. The molecule has 1 aromatic heterocycles. The number of anilines is 1. The van der Waals surface area contributed by atoms with Crippen molar-refractivity contribution >= 4 is 29.1 Å². The largest absolute Gasteiger partial charge is 0.364 e. The Morgan fingerprint density at radius 3 is 2.62 bits per heavy atom. The van der Waals surface area contributed by atoms with Crippen molar-refractivity contribution in [1.29, 1.82) is 0 Å². The minimum atomic E-state index is 0.519. The van der Waals surface area contributed by atoms with Crippen molar-refractivity contribution in [3.05, 3.63) is 5.15 Å². The third-order valence-corrected chi connectivity index (χ3v) is 3.93. The van der Waals surface area contributed by atoms with E-state index in [1.54, 1.807) is 0 Å². The predicted octanol–water partition coefficient (Wildman–Crippen LogP) is 2.40. The van der Waals surface area contributed by atoms with E-state index in [2.05, 4.69) is 14.1 Å². The van der Waals surface area contributed by atoms with Crippen molar-refractivity contribution in [1.82, 2.24) is 8.75 Å². The van der Waals surface area contributed by atoms with Gasteiger partial charge in [-0.1, -0.05) is 11.6 Å². The maximum absolute atomic E-state index is 5.84. The first-order valence-corrected chi connectivity index (χ1v) is 5.68. The second-order valence-corrected chi connectivity index (χ2v) is 4.86. The Morgan fingerprint density at radius 2 is 2.00 bits per heavy atom. The number of hydrogen-bond donors (Lipinski definition) is 1. The minimum Gasteiger partial charge on any atom is -0.364 e. The average Bonchev–Trinajstić information content (AvgIpc) is 2.55. The quantitative estimate of drug-likeness (QED) is 0.824. The van der Waals surface area contributed by atoms with Crippen LogP contribution in [0.25, 0.3) is 0 Å². The van der Waals surface area contributed by atoms with E-state index in [9.17, 15) is 0 Å². The van der Waals surface area contributed by atoms with Crippen molar-refractivity contribution < 1.29 is 0 Å². The van der Waals surface area contributed by atoms with Gasteiger partial charge >= 0.3 is 0 Å². The van der Waals surface area contributed by atoms with Crippen LogP contribution in [-0.4, -0.2) is 14.8 Å². The lowest BCUT2D eigenvalue weighted by Gasteiger charge is -2.12. The molecule has 0 aromatic carbocycles. The Kier molecular flexibility index (Phi) is 1.73. The van der Waals surface area contributed by atoms with E-state index < -0.39 is 0 Å². The molecule has 3 rings (SSSR count). The molecule has 0 aliphatic heterocycles. The van der Waals surface area contributed by atoms with E-state index in [-0.39, 0.29) is 0 Å². The number of halogens is 1. The van der Waals surface area contributed by atoms with E-state index >= 15 is 0 Å². The molecule has 2 atom stereocenters. The molecule has 1 N–H and O–H groups in total. The summed E-state index contributed by atoms with van der Waals surface area (Å²) in [5, 5.41) is 3.87. The molecule has 0 amide bonds. The highest BCUT2D eigenvalue weighted by Crippen LogP contribution is 2.52. The van der Waals surface area contributed by atoms with Crippen molar-refractivity contribution in [3.63, 3.8) is 0 Å². The summed E-state index contributed by atoms with van der Waals surface area (Å²) in [6, 6.07) is 0.588. The van der Waals surface area contributed by atoms with Crippen LogP contribution in [0.3, 0.4) is 0 Å². The molecular formula is C8H10ClN3S. The lowest BCUT2D eigenvalue weighted by atomic mass is 10.2. The highest BCUT2D eigenvalue weighted by Gasteiger charge is 2.45. The first-order chi connectivity index (χ1) is 6.33. The van der Waals surface area contributed by atoms with Gasteiger partial charge in [0, 0.05) is 6.04 Å². The van der Waals surface area contributed by atoms with Crippen molar-refractivity contribution in [2.24, 2.45) is 11.8 Å². The van der Waals surface area contributed by atoms with Crippen LogP contribution in [0.1, 0.15) is 19.3 Å². The molecule has 2 unspecified atom stereocenters. The molecule has 2 fully saturated rings. The smallest absolute Gasteiger partial charge is 0.186 e. The molecule has 3 nitrogen and oxygen atoms in total. The van der Waals surface area contributed by atoms with E-state index in [1.165, 1.54) is 31.0 Å². The number of nitrogens with zero attached hydrogens (tertiary/aromatic N) is 2. The SMILES string of the molecule is Clc1nsnc1NC1CC2CC2C1. The first-order valence-electron chi connectivity index (χ1n) is 4.57. The molecule has 0 spiro atoms. The van der Waals surface area contributed by atoms with Crippen LogP contribution in [0.5, 0.6) is 0 Å². The summed E-state index contributed by atoms with van der Waals surface area (Å²) >= 11 is 7.01. The lowest BCUT2D eigenvalue weighted by molar-refractivity contribution is 0.650. The van der Waals surface area contributed by atoms with Crippen LogP contribution in [0.4, 0.5) is 5.82 Å².